The van der Waals surface area contributed by atoms with Crippen molar-refractivity contribution in [1.29, 1.82) is 0 Å². The van der Waals surface area contributed by atoms with Gasteiger partial charge in [-0.25, -0.2) is 18.7 Å². The van der Waals surface area contributed by atoms with Crippen molar-refractivity contribution in [1.82, 2.24) is 9.97 Å². The molecule has 0 radical (unpaired) electrons. The molecule has 5 nitrogen and oxygen atoms in total. The van der Waals surface area contributed by atoms with Crippen LogP contribution >= 0.6 is 0 Å². The Bertz CT molecular complexity index is 797. The van der Waals surface area contributed by atoms with Crippen molar-refractivity contribution in [3.05, 3.63) is 47.4 Å². The molecule has 1 aliphatic rings. The predicted octanol–water partition coefficient (Wildman–Crippen LogP) is 3.55. The van der Waals surface area contributed by atoms with Crippen molar-refractivity contribution in [2.24, 2.45) is 5.92 Å². The van der Waals surface area contributed by atoms with Crippen LogP contribution in [0.1, 0.15) is 36.1 Å². The average Bonchev–Trinajstić information content (AvgIpc) is 2.57. The number of amides is 1. The van der Waals surface area contributed by atoms with Crippen LogP contribution in [0.5, 0.6) is 0 Å². The second-order valence-corrected chi connectivity index (χ2v) is 6.44. The number of piperidine rings is 1. The molecule has 132 valence electrons. The lowest BCUT2D eigenvalue weighted by atomic mass is 10.0. The monoisotopic (exact) mass is 346 g/mol. The fraction of sp³-hybridized carbons (Fsp3) is 0.389. The minimum atomic E-state index is -1.01. The summed E-state index contributed by atoms with van der Waals surface area (Å²) in [5, 5.41) is 2.54. The first kappa shape index (κ1) is 17.3. The number of halogens is 2. The van der Waals surface area contributed by atoms with Gasteiger partial charge in [0.15, 0.2) is 11.6 Å². The summed E-state index contributed by atoms with van der Waals surface area (Å²) in [4.78, 5) is 23.2. The first-order valence-corrected chi connectivity index (χ1v) is 8.29. The molecular weight excluding hydrogens is 326 g/mol. The van der Waals surface area contributed by atoms with Gasteiger partial charge < -0.3 is 10.2 Å². The maximum absolute atomic E-state index is 13.3. The SMILES string of the molecule is Cc1nc(C(=O)Nc2ccc(F)c(F)c2)cc(N2CCCC(C)C2)n1. The third-order valence-electron chi connectivity index (χ3n) is 4.22. The molecule has 1 N–H and O–H groups in total. The number of aromatic nitrogens is 2. The first-order valence-electron chi connectivity index (χ1n) is 8.29. The number of anilines is 2. The van der Waals surface area contributed by atoms with Gasteiger partial charge >= 0.3 is 0 Å². The van der Waals surface area contributed by atoms with Gasteiger partial charge in [-0.3, -0.25) is 4.79 Å². The molecule has 1 unspecified atom stereocenters. The van der Waals surface area contributed by atoms with Gasteiger partial charge in [0.2, 0.25) is 0 Å². The van der Waals surface area contributed by atoms with E-state index in [4.69, 9.17) is 0 Å². The minimum absolute atomic E-state index is 0.174. The zero-order valence-corrected chi connectivity index (χ0v) is 14.2. The molecule has 3 rings (SSSR count). The van der Waals surface area contributed by atoms with Crippen molar-refractivity contribution in [3.63, 3.8) is 0 Å². The highest BCUT2D eigenvalue weighted by Crippen LogP contribution is 2.22. The largest absolute Gasteiger partial charge is 0.356 e. The summed E-state index contributed by atoms with van der Waals surface area (Å²) in [6.45, 7) is 5.70. The summed E-state index contributed by atoms with van der Waals surface area (Å²) >= 11 is 0. The van der Waals surface area contributed by atoms with E-state index >= 15 is 0 Å². The summed E-state index contributed by atoms with van der Waals surface area (Å²) in [6.07, 6.45) is 2.27. The van der Waals surface area contributed by atoms with Gasteiger partial charge in [-0.15, -0.1) is 0 Å². The van der Waals surface area contributed by atoms with E-state index < -0.39 is 17.5 Å². The Labute approximate surface area is 145 Å². The Kier molecular flexibility index (Phi) is 4.92. The van der Waals surface area contributed by atoms with Crippen molar-refractivity contribution >= 4 is 17.4 Å². The topological polar surface area (TPSA) is 58.1 Å². The minimum Gasteiger partial charge on any atom is -0.356 e. The first-order chi connectivity index (χ1) is 11.9. The van der Waals surface area contributed by atoms with Crippen LogP contribution in [0.25, 0.3) is 0 Å². The predicted molar refractivity (Wildman–Crippen MR) is 91.7 cm³/mol. The lowest BCUT2D eigenvalue weighted by Crippen LogP contribution is -2.35. The van der Waals surface area contributed by atoms with Crippen molar-refractivity contribution in [2.75, 3.05) is 23.3 Å². The highest BCUT2D eigenvalue weighted by molar-refractivity contribution is 6.03. The molecule has 0 aliphatic carbocycles. The van der Waals surface area contributed by atoms with Crippen LogP contribution in [-0.2, 0) is 0 Å². The quantitative estimate of drug-likeness (QED) is 0.923. The molecule has 1 atom stereocenters. The van der Waals surface area contributed by atoms with Gasteiger partial charge in [-0.1, -0.05) is 6.92 Å². The van der Waals surface area contributed by atoms with Gasteiger partial charge in [0.05, 0.1) is 0 Å². The van der Waals surface area contributed by atoms with E-state index in [-0.39, 0.29) is 11.4 Å². The molecule has 25 heavy (non-hydrogen) atoms. The Morgan fingerprint density at radius 2 is 2.04 bits per heavy atom. The molecule has 2 aromatic rings. The van der Waals surface area contributed by atoms with Gasteiger partial charge in [-0.2, -0.15) is 0 Å². The highest BCUT2D eigenvalue weighted by atomic mass is 19.2. The van der Waals surface area contributed by atoms with E-state index in [1.165, 1.54) is 12.5 Å². The fourth-order valence-electron chi connectivity index (χ4n) is 3.00. The van der Waals surface area contributed by atoms with E-state index in [2.05, 4.69) is 27.1 Å². The fourth-order valence-corrected chi connectivity index (χ4v) is 3.00. The van der Waals surface area contributed by atoms with Crippen LogP contribution in [0, 0.1) is 24.5 Å². The van der Waals surface area contributed by atoms with Crippen molar-refractivity contribution in [2.45, 2.75) is 26.7 Å². The summed E-state index contributed by atoms with van der Waals surface area (Å²) < 4.78 is 26.3. The third-order valence-corrected chi connectivity index (χ3v) is 4.22. The Morgan fingerprint density at radius 3 is 2.76 bits per heavy atom. The number of carbonyl (C=O) groups excluding carboxylic acids is 1. The van der Waals surface area contributed by atoms with Gasteiger partial charge in [0, 0.05) is 30.9 Å². The number of benzene rings is 1. The zero-order valence-electron chi connectivity index (χ0n) is 14.2. The van der Waals surface area contributed by atoms with Crippen LogP contribution < -0.4 is 10.2 Å². The van der Waals surface area contributed by atoms with Crippen LogP contribution in [0.4, 0.5) is 20.3 Å². The Hall–Kier alpha value is -2.57. The van der Waals surface area contributed by atoms with Gasteiger partial charge in [0.25, 0.3) is 5.91 Å². The zero-order chi connectivity index (χ0) is 18.0. The van der Waals surface area contributed by atoms with E-state index in [0.717, 1.165) is 37.5 Å². The average molecular weight is 346 g/mol. The number of hydrogen-bond acceptors (Lipinski definition) is 4. The highest BCUT2D eigenvalue weighted by Gasteiger charge is 2.20. The molecule has 1 fully saturated rings. The third kappa shape index (κ3) is 4.10. The van der Waals surface area contributed by atoms with Crippen LogP contribution in [0.2, 0.25) is 0 Å². The summed E-state index contributed by atoms with van der Waals surface area (Å²) in [7, 11) is 0. The molecule has 2 heterocycles. The molecule has 1 aromatic heterocycles. The standard InChI is InChI=1S/C18H20F2N4O/c1-11-4-3-7-24(10-11)17-9-16(21-12(2)22-17)18(25)23-13-5-6-14(19)15(20)8-13/h5-6,8-9,11H,3-4,7,10H2,1-2H3,(H,23,25). The number of hydrogen-bond donors (Lipinski definition) is 1. The van der Waals surface area contributed by atoms with E-state index in [1.54, 1.807) is 13.0 Å². The molecule has 7 heteroatoms. The molecule has 0 spiro atoms. The second kappa shape index (κ2) is 7.13. The van der Waals surface area contributed by atoms with Crippen molar-refractivity contribution in [3.8, 4) is 0 Å². The number of nitrogens with one attached hydrogen (secondary N) is 1. The number of rotatable bonds is 3. The maximum Gasteiger partial charge on any atom is 0.274 e. The molecule has 1 saturated heterocycles. The Balaban J connectivity index is 1.81. The van der Waals surface area contributed by atoms with Crippen LogP contribution in [0.3, 0.4) is 0 Å². The van der Waals surface area contributed by atoms with Crippen molar-refractivity contribution < 1.29 is 13.6 Å². The number of aryl methyl sites for hydroxylation is 1. The molecule has 0 bridgehead atoms. The summed E-state index contributed by atoms with van der Waals surface area (Å²) in [5.41, 5.74) is 0.374. The maximum atomic E-state index is 13.3. The molecular formula is C18H20F2N4O. The molecule has 1 aromatic carbocycles. The lowest BCUT2D eigenvalue weighted by Gasteiger charge is -2.32. The molecule has 0 saturated carbocycles. The van der Waals surface area contributed by atoms with Crippen LogP contribution in [0.15, 0.2) is 24.3 Å². The normalized spacial score (nSPS) is 17.4. The second-order valence-electron chi connectivity index (χ2n) is 6.44. The Morgan fingerprint density at radius 1 is 1.24 bits per heavy atom. The lowest BCUT2D eigenvalue weighted by molar-refractivity contribution is 0.102. The van der Waals surface area contributed by atoms with Gasteiger partial charge in [-0.05, 0) is 37.8 Å². The number of nitrogens with zero attached hydrogens (tertiary/aromatic N) is 3. The smallest absolute Gasteiger partial charge is 0.274 e. The summed E-state index contributed by atoms with van der Waals surface area (Å²) in [5.74, 6) is -0.677. The summed E-state index contributed by atoms with van der Waals surface area (Å²) in [6, 6.07) is 4.85. The molecule has 1 amide bonds. The molecule has 1 aliphatic heterocycles. The van der Waals surface area contributed by atoms with Crippen LogP contribution in [-0.4, -0.2) is 29.0 Å². The number of carbonyl (C=O) groups is 1. The van der Waals surface area contributed by atoms with E-state index in [0.29, 0.717) is 11.7 Å². The van der Waals surface area contributed by atoms with E-state index in [1.807, 2.05) is 0 Å². The van der Waals surface area contributed by atoms with E-state index in [9.17, 15) is 13.6 Å². The van der Waals surface area contributed by atoms with Gasteiger partial charge in [0.1, 0.15) is 17.3 Å².